The van der Waals surface area contributed by atoms with E-state index in [4.69, 9.17) is 23.7 Å². The van der Waals surface area contributed by atoms with Gasteiger partial charge in [0, 0.05) is 26.1 Å². The Morgan fingerprint density at radius 2 is 1.27 bits per heavy atom. The molecule has 0 aromatic heterocycles. The van der Waals surface area contributed by atoms with E-state index in [9.17, 15) is 9.59 Å². The second-order valence-corrected chi connectivity index (χ2v) is 9.55. The summed E-state index contributed by atoms with van der Waals surface area (Å²) in [5.74, 6) is 0.0369. The summed E-state index contributed by atoms with van der Waals surface area (Å²) in [6, 6.07) is 26.0. The van der Waals surface area contributed by atoms with Gasteiger partial charge in [-0.05, 0) is 27.8 Å². The van der Waals surface area contributed by atoms with E-state index in [-0.39, 0.29) is 18.6 Å². The van der Waals surface area contributed by atoms with Crippen molar-refractivity contribution in [2.24, 2.45) is 0 Å². The first-order valence-corrected chi connectivity index (χ1v) is 13.9. The second-order valence-electron chi connectivity index (χ2n) is 9.55. The number of hydrogen-bond donors (Lipinski definition) is 1. The molecule has 0 bridgehead atoms. The van der Waals surface area contributed by atoms with Gasteiger partial charge in [0.15, 0.2) is 0 Å². The van der Waals surface area contributed by atoms with Crippen LogP contribution in [0.15, 0.2) is 78.9 Å². The van der Waals surface area contributed by atoms with Crippen LogP contribution < -0.4 is 5.32 Å². The lowest BCUT2D eigenvalue weighted by Gasteiger charge is -2.19. The SMILES string of the molecule is CN(CCOCCOCCOCCNC(=O)OCc1ccccc1)C(=O)OCC1c2ccccc2-c2ccccc21. The van der Waals surface area contributed by atoms with E-state index in [1.54, 1.807) is 7.05 Å². The highest BCUT2D eigenvalue weighted by Gasteiger charge is 2.29. The molecule has 0 spiro atoms. The third-order valence-electron chi connectivity index (χ3n) is 6.69. The van der Waals surface area contributed by atoms with Crippen molar-refractivity contribution in [3.8, 4) is 11.1 Å². The van der Waals surface area contributed by atoms with Gasteiger partial charge in [-0.25, -0.2) is 9.59 Å². The molecule has 9 nitrogen and oxygen atoms in total. The van der Waals surface area contributed by atoms with Crippen LogP contribution in [0.5, 0.6) is 0 Å². The molecule has 1 N–H and O–H groups in total. The zero-order valence-corrected chi connectivity index (χ0v) is 23.5. The van der Waals surface area contributed by atoms with Crippen molar-refractivity contribution in [3.05, 3.63) is 95.6 Å². The Balaban J connectivity index is 0.974. The van der Waals surface area contributed by atoms with Crippen molar-refractivity contribution < 1.29 is 33.3 Å². The van der Waals surface area contributed by atoms with Gasteiger partial charge in [-0.1, -0.05) is 78.9 Å². The Kier molecular flexibility index (Phi) is 12.0. The van der Waals surface area contributed by atoms with Crippen molar-refractivity contribution in [3.63, 3.8) is 0 Å². The van der Waals surface area contributed by atoms with Crippen LogP contribution >= 0.6 is 0 Å². The van der Waals surface area contributed by atoms with Gasteiger partial charge < -0.3 is 33.9 Å². The summed E-state index contributed by atoms with van der Waals surface area (Å²) in [7, 11) is 1.70. The summed E-state index contributed by atoms with van der Waals surface area (Å²) >= 11 is 0. The molecule has 4 rings (SSSR count). The number of nitrogens with one attached hydrogen (secondary N) is 1. The highest BCUT2D eigenvalue weighted by Crippen LogP contribution is 2.44. The summed E-state index contributed by atoms with van der Waals surface area (Å²) < 4.78 is 27.3. The third kappa shape index (κ3) is 9.31. The Morgan fingerprint density at radius 1 is 0.707 bits per heavy atom. The first-order valence-electron chi connectivity index (χ1n) is 13.9. The number of alkyl carbamates (subject to hydrolysis) is 1. The van der Waals surface area contributed by atoms with E-state index in [1.165, 1.54) is 27.2 Å². The van der Waals surface area contributed by atoms with Crippen LogP contribution in [0.1, 0.15) is 22.6 Å². The van der Waals surface area contributed by atoms with Gasteiger partial charge >= 0.3 is 12.2 Å². The molecular formula is C32H38N2O7. The molecule has 0 saturated carbocycles. The molecule has 9 heteroatoms. The summed E-state index contributed by atoms with van der Waals surface area (Å²) in [5.41, 5.74) is 5.71. The van der Waals surface area contributed by atoms with E-state index >= 15 is 0 Å². The van der Waals surface area contributed by atoms with Gasteiger partial charge in [-0.2, -0.15) is 0 Å². The molecule has 3 aromatic rings. The number of benzene rings is 3. The maximum absolute atomic E-state index is 12.5. The van der Waals surface area contributed by atoms with E-state index in [2.05, 4.69) is 29.6 Å². The molecule has 1 aliphatic carbocycles. The van der Waals surface area contributed by atoms with Crippen molar-refractivity contribution in [2.45, 2.75) is 12.5 Å². The number of hydrogen-bond acceptors (Lipinski definition) is 7. The van der Waals surface area contributed by atoms with Gasteiger partial charge in [0.2, 0.25) is 0 Å². The summed E-state index contributed by atoms with van der Waals surface area (Å²) in [6.07, 6.45) is -0.849. The first-order chi connectivity index (χ1) is 20.1. The molecule has 3 aromatic carbocycles. The molecular weight excluding hydrogens is 524 g/mol. The van der Waals surface area contributed by atoms with E-state index < -0.39 is 6.09 Å². The summed E-state index contributed by atoms with van der Waals surface area (Å²) in [6.45, 7) is 3.70. The quantitative estimate of drug-likeness (QED) is 0.250. The number of fused-ring (bicyclic) bond motifs is 3. The predicted octanol–water partition coefficient (Wildman–Crippen LogP) is 4.84. The molecule has 0 radical (unpaired) electrons. The minimum Gasteiger partial charge on any atom is -0.448 e. The molecule has 0 aliphatic heterocycles. The summed E-state index contributed by atoms with van der Waals surface area (Å²) in [4.78, 5) is 25.7. The standard InChI is InChI=1S/C32H38N2O7/c1-34(32(36)41-24-30-28-13-7-5-11-26(28)27-12-6-8-14-29(27)30)16-18-38-20-22-39-21-19-37-17-15-33-31(35)40-23-25-9-3-2-4-10-25/h2-14,30H,15-24H2,1H3,(H,33,35). The fraction of sp³-hybridized carbons (Fsp3) is 0.375. The van der Waals surface area contributed by atoms with Crippen molar-refractivity contribution in [2.75, 3.05) is 66.4 Å². The molecule has 2 amide bonds. The molecule has 0 atom stereocenters. The number of likely N-dealkylation sites (N-methyl/N-ethyl adjacent to an activating group) is 1. The van der Waals surface area contributed by atoms with Gasteiger partial charge in [0.1, 0.15) is 13.2 Å². The lowest BCUT2D eigenvalue weighted by Crippen LogP contribution is -2.32. The molecule has 0 saturated heterocycles. The minimum atomic E-state index is -0.477. The van der Waals surface area contributed by atoms with Gasteiger partial charge in [-0.3, -0.25) is 0 Å². The van der Waals surface area contributed by atoms with Crippen molar-refractivity contribution in [1.82, 2.24) is 10.2 Å². The molecule has 41 heavy (non-hydrogen) atoms. The molecule has 0 heterocycles. The van der Waals surface area contributed by atoms with E-state index in [1.807, 2.05) is 54.6 Å². The van der Waals surface area contributed by atoms with Gasteiger partial charge in [0.25, 0.3) is 0 Å². The van der Waals surface area contributed by atoms with E-state index in [0.717, 1.165) is 5.56 Å². The maximum Gasteiger partial charge on any atom is 0.409 e. The lowest BCUT2D eigenvalue weighted by atomic mass is 9.98. The highest BCUT2D eigenvalue weighted by molar-refractivity contribution is 5.79. The highest BCUT2D eigenvalue weighted by atomic mass is 16.6. The maximum atomic E-state index is 12.5. The Hall–Kier alpha value is -3.92. The minimum absolute atomic E-state index is 0.0369. The van der Waals surface area contributed by atoms with E-state index in [0.29, 0.717) is 59.3 Å². The second kappa shape index (κ2) is 16.4. The van der Waals surface area contributed by atoms with Gasteiger partial charge in [0.05, 0.1) is 39.6 Å². The average Bonchev–Trinajstić information content (AvgIpc) is 3.33. The topological polar surface area (TPSA) is 95.6 Å². The molecule has 1 aliphatic rings. The van der Waals surface area contributed by atoms with Crippen LogP contribution in [0, 0.1) is 0 Å². The number of amides is 2. The third-order valence-corrected chi connectivity index (χ3v) is 6.69. The molecule has 0 fully saturated rings. The number of rotatable bonds is 16. The van der Waals surface area contributed by atoms with Gasteiger partial charge in [-0.15, -0.1) is 0 Å². The molecule has 218 valence electrons. The summed E-state index contributed by atoms with van der Waals surface area (Å²) in [5, 5.41) is 2.64. The number of carbonyl (C=O) groups excluding carboxylic acids is 2. The zero-order valence-electron chi connectivity index (χ0n) is 23.5. The van der Waals surface area contributed by atoms with Crippen LogP contribution in [0.3, 0.4) is 0 Å². The van der Waals surface area contributed by atoms with Crippen molar-refractivity contribution >= 4 is 12.2 Å². The smallest absolute Gasteiger partial charge is 0.409 e. The van der Waals surface area contributed by atoms with Crippen LogP contribution in [0.4, 0.5) is 9.59 Å². The average molecular weight is 563 g/mol. The zero-order chi connectivity index (χ0) is 28.7. The van der Waals surface area contributed by atoms with Crippen LogP contribution in [0.25, 0.3) is 11.1 Å². The lowest BCUT2D eigenvalue weighted by molar-refractivity contribution is 0.0115. The van der Waals surface area contributed by atoms with Crippen LogP contribution in [-0.2, 0) is 30.3 Å². The Morgan fingerprint density at radius 3 is 1.93 bits per heavy atom. The Labute approximate surface area is 241 Å². The molecule has 0 unspecified atom stereocenters. The van der Waals surface area contributed by atoms with Crippen LogP contribution in [-0.4, -0.2) is 83.5 Å². The normalized spacial score (nSPS) is 11.9. The largest absolute Gasteiger partial charge is 0.448 e. The predicted molar refractivity (Wildman–Crippen MR) is 155 cm³/mol. The fourth-order valence-corrected chi connectivity index (χ4v) is 4.54. The fourth-order valence-electron chi connectivity index (χ4n) is 4.54. The Bertz CT molecular complexity index is 1190. The monoisotopic (exact) mass is 562 g/mol. The van der Waals surface area contributed by atoms with Crippen LogP contribution in [0.2, 0.25) is 0 Å². The number of nitrogens with zero attached hydrogens (tertiary/aromatic N) is 1. The van der Waals surface area contributed by atoms with Crippen molar-refractivity contribution in [1.29, 1.82) is 0 Å². The first kappa shape index (κ1) is 30.0. The number of ether oxygens (including phenoxy) is 5. The number of carbonyl (C=O) groups is 2.